The van der Waals surface area contributed by atoms with E-state index in [0.717, 1.165) is 23.1 Å². The summed E-state index contributed by atoms with van der Waals surface area (Å²) in [6.45, 7) is 1.86. The smallest absolute Gasteiger partial charge is 0.311 e. The van der Waals surface area contributed by atoms with Crippen molar-refractivity contribution in [2.45, 2.75) is 19.9 Å². The lowest BCUT2D eigenvalue weighted by Gasteiger charge is -2.20. The van der Waals surface area contributed by atoms with Crippen LogP contribution in [0.3, 0.4) is 0 Å². The van der Waals surface area contributed by atoms with Gasteiger partial charge in [0.25, 0.3) is 11.8 Å². The van der Waals surface area contributed by atoms with Crippen LogP contribution in [0, 0.1) is 15.9 Å². The molecular formula is C18H17FN4O5S. The van der Waals surface area contributed by atoms with Crippen molar-refractivity contribution >= 4 is 22.9 Å². The highest BCUT2D eigenvalue weighted by Gasteiger charge is 2.21. The molecule has 1 aromatic carbocycles. The van der Waals surface area contributed by atoms with Gasteiger partial charge in [-0.25, -0.2) is 4.39 Å². The minimum atomic E-state index is -0.701. The first-order valence-corrected chi connectivity index (χ1v) is 9.56. The van der Waals surface area contributed by atoms with E-state index in [2.05, 4.69) is 10.2 Å². The molecule has 0 radical (unpaired) electrons. The molecule has 11 heteroatoms. The third kappa shape index (κ3) is 5.13. The number of carbonyl (C=O) groups excluding carboxylic acids is 1. The van der Waals surface area contributed by atoms with Gasteiger partial charge in [-0.3, -0.25) is 14.9 Å². The molecule has 3 rings (SSSR count). The minimum absolute atomic E-state index is 0.0691. The number of ether oxygens (including phenoxy) is 1. The first-order valence-electron chi connectivity index (χ1n) is 8.68. The zero-order valence-electron chi connectivity index (χ0n) is 15.4. The van der Waals surface area contributed by atoms with Crippen LogP contribution in [0.15, 0.2) is 40.1 Å². The fourth-order valence-corrected chi connectivity index (χ4v) is 3.17. The van der Waals surface area contributed by atoms with Crippen LogP contribution in [0.2, 0.25) is 0 Å². The second kappa shape index (κ2) is 9.24. The van der Waals surface area contributed by atoms with E-state index in [0.29, 0.717) is 18.9 Å². The summed E-state index contributed by atoms with van der Waals surface area (Å²) in [5, 5.41) is 20.9. The van der Waals surface area contributed by atoms with E-state index in [-0.39, 0.29) is 18.2 Å². The summed E-state index contributed by atoms with van der Waals surface area (Å²) in [5.41, 5.74) is -0.418. The van der Waals surface area contributed by atoms with Crippen LogP contribution in [-0.2, 0) is 11.3 Å². The van der Waals surface area contributed by atoms with E-state index in [1.807, 2.05) is 24.4 Å². The molecule has 0 unspecified atom stereocenters. The Labute approximate surface area is 168 Å². The van der Waals surface area contributed by atoms with Crippen LogP contribution in [0.5, 0.6) is 5.75 Å². The first kappa shape index (κ1) is 20.4. The van der Waals surface area contributed by atoms with Gasteiger partial charge in [-0.05, 0) is 23.9 Å². The molecule has 1 amide bonds. The van der Waals surface area contributed by atoms with Gasteiger partial charge >= 0.3 is 5.69 Å². The summed E-state index contributed by atoms with van der Waals surface area (Å²) < 4.78 is 24.2. The van der Waals surface area contributed by atoms with Crippen LogP contribution >= 0.6 is 11.3 Å². The monoisotopic (exact) mass is 420 g/mol. The van der Waals surface area contributed by atoms with Gasteiger partial charge in [-0.2, -0.15) is 0 Å². The van der Waals surface area contributed by atoms with Crippen LogP contribution in [0.25, 0.3) is 10.8 Å². The normalized spacial score (nSPS) is 10.7. The predicted octanol–water partition coefficient (Wildman–Crippen LogP) is 3.66. The fourth-order valence-electron chi connectivity index (χ4n) is 2.53. The lowest BCUT2D eigenvalue weighted by Crippen LogP contribution is -2.35. The van der Waals surface area contributed by atoms with E-state index in [9.17, 15) is 19.3 Å². The van der Waals surface area contributed by atoms with Crippen LogP contribution in [-0.4, -0.2) is 39.1 Å². The van der Waals surface area contributed by atoms with Crippen molar-refractivity contribution in [2.24, 2.45) is 0 Å². The molecule has 0 saturated carbocycles. The summed E-state index contributed by atoms with van der Waals surface area (Å²) in [7, 11) is 0. The Kier molecular flexibility index (Phi) is 6.50. The van der Waals surface area contributed by atoms with Gasteiger partial charge in [0, 0.05) is 18.7 Å². The van der Waals surface area contributed by atoms with Crippen molar-refractivity contribution in [3.63, 3.8) is 0 Å². The molecule has 0 atom stereocenters. The zero-order valence-corrected chi connectivity index (χ0v) is 16.2. The largest absolute Gasteiger partial charge is 0.477 e. The Bertz CT molecular complexity index is 992. The number of nitro benzene ring substituents is 1. The van der Waals surface area contributed by atoms with E-state index in [1.54, 1.807) is 0 Å². The van der Waals surface area contributed by atoms with E-state index in [1.165, 1.54) is 16.2 Å². The summed E-state index contributed by atoms with van der Waals surface area (Å²) in [6.07, 6.45) is 0.664. The van der Waals surface area contributed by atoms with E-state index < -0.39 is 28.9 Å². The molecule has 2 aromatic heterocycles. The van der Waals surface area contributed by atoms with Crippen LogP contribution < -0.4 is 4.74 Å². The number of nitrogens with zero attached hydrogens (tertiary/aromatic N) is 4. The quantitative estimate of drug-likeness (QED) is 0.383. The third-order valence-electron chi connectivity index (χ3n) is 3.84. The van der Waals surface area contributed by atoms with Gasteiger partial charge in [0.1, 0.15) is 5.82 Å². The van der Waals surface area contributed by atoms with Crippen molar-refractivity contribution < 1.29 is 23.3 Å². The second-order valence-corrected chi connectivity index (χ2v) is 6.90. The molecule has 0 bridgehead atoms. The SMILES string of the molecule is CCCN(Cc1nnc(-c2cccs2)o1)C(=O)COc1cc(F)ccc1[N+](=O)[O-]. The predicted molar refractivity (Wildman–Crippen MR) is 102 cm³/mol. The maximum Gasteiger partial charge on any atom is 0.311 e. The van der Waals surface area contributed by atoms with Crippen molar-refractivity contribution in [3.05, 3.63) is 57.5 Å². The third-order valence-corrected chi connectivity index (χ3v) is 4.70. The van der Waals surface area contributed by atoms with E-state index >= 15 is 0 Å². The molecule has 0 aliphatic rings. The summed E-state index contributed by atoms with van der Waals surface area (Å²) in [4.78, 5) is 25.2. The highest BCUT2D eigenvalue weighted by molar-refractivity contribution is 7.13. The van der Waals surface area contributed by atoms with Crippen molar-refractivity contribution in [1.29, 1.82) is 0 Å². The molecule has 152 valence electrons. The molecule has 0 N–H and O–H groups in total. The van der Waals surface area contributed by atoms with E-state index in [4.69, 9.17) is 9.15 Å². The Hall–Kier alpha value is -3.34. The number of hydrogen-bond acceptors (Lipinski definition) is 8. The first-order chi connectivity index (χ1) is 14.0. The molecule has 0 fully saturated rings. The van der Waals surface area contributed by atoms with Crippen LogP contribution in [0.4, 0.5) is 10.1 Å². The maximum atomic E-state index is 13.4. The molecule has 2 heterocycles. The molecule has 29 heavy (non-hydrogen) atoms. The number of benzene rings is 1. The molecule has 9 nitrogen and oxygen atoms in total. The number of amides is 1. The Morgan fingerprint density at radius 1 is 1.38 bits per heavy atom. The molecule has 0 aliphatic carbocycles. The van der Waals surface area contributed by atoms with Gasteiger partial charge in [-0.15, -0.1) is 21.5 Å². The number of nitro groups is 1. The highest BCUT2D eigenvalue weighted by Crippen LogP contribution is 2.27. The number of carbonyl (C=O) groups is 1. The van der Waals surface area contributed by atoms with Crippen LogP contribution in [0.1, 0.15) is 19.2 Å². The lowest BCUT2D eigenvalue weighted by atomic mass is 10.3. The van der Waals surface area contributed by atoms with Gasteiger partial charge in [0.05, 0.1) is 16.3 Å². The zero-order chi connectivity index (χ0) is 20.8. The van der Waals surface area contributed by atoms with Crippen molar-refractivity contribution in [2.75, 3.05) is 13.2 Å². The average molecular weight is 420 g/mol. The standard InChI is InChI=1S/C18H17FN4O5S/c1-2-7-22(10-16-20-21-18(28-16)15-4-3-8-29-15)17(24)11-27-14-9-12(19)5-6-13(14)23(25)26/h3-6,8-9H,2,7,10-11H2,1H3. The van der Waals surface area contributed by atoms with Gasteiger partial charge in [0.15, 0.2) is 6.61 Å². The average Bonchev–Trinajstić information content (AvgIpc) is 3.37. The fraction of sp³-hybridized carbons (Fsp3) is 0.278. The van der Waals surface area contributed by atoms with Gasteiger partial charge in [-0.1, -0.05) is 13.0 Å². The lowest BCUT2D eigenvalue weighted by molar-refractivity contribution is -0.385. The number of hydrogen-bond donors (Lipinski definition) is 0. The Balaban J connectivity index is 1.67. The second-order valence-electron chi connectivity index (χ2n) is 5.95. The molecule has 3 aromatic rings. The summed E-state index contributed by atoms with van der Waals surface area (Å²) in [6, 6.07) is 6.53. The number of aromatic nitrogens is 2. The number of rotatable bonds is 9. The van der Waals surface area contributed by atoms with Gasteiger partial charge in [0.2, 0.25) is 11.6 Å². The molecule has 0 spiro atoms. The van der Waals surface area contributed by atoms with Gasteiger partial charge < -0.3 is 14.1 Å². The minimum Gasteiger partial charge on any atom is -0.477 e. The molecule has 0 aliphatic heterocycles. The van der Waals surface area contributed by atoms with Crippen molar-refractivity contribution in [1.82, 2.24) is 15.1 Å². The number of thiophene rings is 1. The molecular weight excluding hydrogens is 403 g/mol. The summed E-state index contributed by atoms with van der Waals surface area (Å²) in [5.74, 6) is -0.827. The topological polar surface area (TPSA) is 112 Å². The summed E-state index contributed by atoms with van der Waals surface area (Å²) >= 11 is 1.45. The maximum absolute atomic E-state index is 13.4. The number of halogens is 1. The Morgan fingerprint density at radius 2 is 2.21 bits per heavy atom. The molecule has 0 saturated heterocycles. The van der Waals surface area contributed by atoms with Crippen molar-refractivity contribution in [3.8, 4) is 16.5 Å². The Morgan fingerprint density at radius 3 is 2.90 bits per heavy atom. The highest BCUT2D eigenvalue weighted by atomic mass is 32.1.